The molecule has 20 heavy (non-hydrogen) atoms. The SMILES string of the molecule is O=c1[nH]c2ccc(C(Cl)CCC3CCCCC3)cc2[nH]1. The summed E-state index contributed by atoms with van der Waals surface area (Å²) in [5.74, 6) is 0.862. The van der Waals surface area contributed by atoms with E-state index in [1.165, 1.54) is 38.5 Å². The van der Waals surface area contributed by atoms with E-state index in [9.17, 15) is 4.79 Å². The Morgan fingerprint density at radius 1 is 1.15 bits per heavy atom. The third-order valence-corrected chi connectivity index (χ3v) is 4.93. The summed E-state index contributed by atoms with van der Waals surface area (Å²) in [4.78, 5) is 16.8. The van der Waals surface area contributed by atoms with Gasteiger partial charge < -0.3 is 9.97 Å². The molecule has 1 aliphatic carbocycles. The molecule has 2 aromatic rings. The zero-order valence-corrected chi connectivity index (χ0v) is 12.4. The van der Waals surface area contributed by atoms with Gasteiger partial charge in [-0.2, -0.15) is 0 Å². The second-order valence-electron chi connectivity index (χ2n) is 5.93. The Balaban J connectivity index is 1.65. The molecule has 1 aliphatic rings. The minimum absolute atomic E-state index is 0.0414. The van der Waals surface area contributed by atoms with Gasteiger partial charge in [-0.1, -0.05) is 38.2 Å². The molecule has 1 saturated carbocycles. The molecule has 2 N–H and O–H groups in total. The quantitative estimate of drug-likeness (QED) is 0.801. The van der Waals surface area contributed by atoms with Gasteiger partial charge in [-0.3, -0.25) is 0 Å². The monoisotopic (exact) mass is 292 g/mol. The lowest BCUT2D eigenvalue weighted by molar-refractivity contribution is 0.331. The molecule has 1 aromatic carbocycles. The van der Waals surface area contributed by atoms with E-state index in [-0.39, 0.29) is 11.1 Å². The third-order valence-electron chi connectivity index (χ3n) is 4.45. The number of hydrogen-bond acceptors (Lipinski definition) is 1. The molecule has 1 aromatic heterocycles. The first kappa shape index (κ1) is 13.7. The van der Waals surface area contributed by atoms with E-state index < -0.39 is 0 Å². The van der Waals surface area contributed by atoms with Crippen LogP contribution in [0.1, 0.15) is 55.9 Å². The second-order valence-corrected chi connectivity index (χ2v) is 6.46. The number of benzene rings is 1. The predicted octanol–water partition coefficient (Wildman–Crippen LogP) is 4.50. The van der Waals surface area contributed by atoms with Crippen LogP contribution in [0.5, 0.6) is 0 Å². The minimum atomic E-state index is -0.162. The Morgan fingerprint density at radius 3 is 2.70 bits per heavy atom. The summed E-state index contributed by atoms with van der Waals surface area (Å²) in [6.07, 6.45) is 9.14. The number of aromatic amines is 2. The molecule has 1 unspecified atom stereocenters. The number of rotatable bonds is 4. The van der Waals surface area contributed by atoms with Crippen LogP contribution in [-0.2, 0) is 0 Å². The summed E-state index contributed by atoms with van der Waals surface area (Å²) >= 11 is 6.53. The summed E-state index contributed by atoms with van der Waals surface area (Å²) in [7, 11) is 0. The first-order valence-electron chi connectivity index (χ1n) is 7.58. The third kappa shape index (κ3) is 3.09. The van der Waals surface area contributed by atoms with Crippen LogP contribution in [0, 0.1) is 5.92 Å². The van der Waals surface area contributed by atoms with Crippen molar-refractivity contribution in [2.75, 3.05) is 0 Å². The standard InChI is InChI=1S/C16H21ClN2O/c17-13(8-6-11-4-2-1-3-5-11)12-7-9-14-15(10-12)19-16(20)18-14/h7,9-11,13H,1-6,8H2,(H2,18,19,20). The largest absolute Gasteiger partial charge is 0.323 e. The van der Waals surface area contributed by atoms with Gasteiger partial charge in [0.1, 0.15) is 0 Å². The second kappa shape index (κ2) is 6.04. The first-order chi connectivity index (χ1) is 9.72. The maximum atomic E-state index is 11.3. The van der Waals surface area contributed by atoms with E-state index in [0.717, 1.165) is 28.9 Å². The van der Waals surface area contributed by atoms with E-state index in [1.54, 1.807) is 0 Å². The Hall–Kier alpha value is -1.22. The zero-order chi connectivity index (χ0) is 13.9. The van der Waals surface area contributed by atoms with Crippen LogP contribution in [0.4, 0.5) is 0 Å². The van der Waals surface area contributed by atoms with Crippen molar-refractivity contribution in [2.45, 2.75) is 50.3 Å². The smallest absolute Gasteiger partial charge is 0.306 e. The molecule has 0 aliphatic heterocycles. The number of alkyl halides is 1. The molecule has 0 saturated heterocycles. The lowest BCUT2D eigenvalue weighted by atomic mass is 9.85. The number of halogens is 1. The van der Waals surface area contributed by atoms with E-state index >= 15 is 0 Å². The molecule has 1 atom stereocenters. The van der Waals surface area contributed by atoms with Gasteiger partial charge in [-0.05, 0) is 36.5 Å². The zero-order valence-electron chi connectivity index (χ0n) is 11.6. The van der Waals surface area contributed by atoms with Crippen molar-refractivity contribution in [3.8, 4) is 0 Å². The van der Waals surface area contributed by atoms with Crippen LogP contribution in [0.2, 0.25) is 0 Å². The van der Waals surface area contributed by atoms with Crippen LogP contribution in [0.3, 0.4) is 0 Å². The van der Waals surface area contributed by atoms with Gasteiger partial charge in [0.15, 0.2) is 0 Å². The minimum Gasteiger partial charge on any atom is -0.306 e. The van der Waals surface area contributed by atoms with Gasteiger partial charge >= 0.3 is 5.69 Å². The summed E-state index contributed by atoms with van der Waals surface area (Å²) < 4.78 is 0. The van der Waals surface area contributed by atoms with Crippen LogP contribution < -0.4 is 5.69 Å². The van der Waals surface area contributed by atoms with Crippen molar-refractivity contribution >= 4 is 22.6 Å². The number of nitrogens with one attached hydrogen (secondary N) is 2. The van der Waals surface area contributed by atoms with Crippen molar-refractivity contribution in [3.05, 3.63) is 34.2 Å². The maximum absolute atomic E-state index is 11.3. The molecular weight excluding hydrogens is 272 g/mol. The number of hydrogen-bond donors (Lipinski definition) is 2. The van der Waals surface area contributed by atoms with Crippen molar-refractivity contribution in [2.24, 2.45) is 5.92 Å². The molecule has 0 spiro atoms. The fraction of sp³-hybridized carbons (Fsp3) is 0.562. The van der Waals surface area contributed by atoms with E-state index in [0.29, 0.717) is 0 Å². The first-order valence-corrected chi connectivity index (χ1v) is 8.02. The van der Waals surface area contributed by atoms with Gasteiger partial charge in [0.25, 0.3) is 0 Å². The number of H-pyrrole nitrogens is 2. The molecule has 0 amide bonds. The molecule has 108 valence electrons. The molecule has 0 bridgehead atoms. The highest BCUT2D eigenvalue weighted by Crippen LogP contribution is 2.33. The summed E-state index contributed by atoms with van der Waals surface area (Å²) in [6.45, 7) is 0. The highest BCUT2D eigenvalue weighted by atomic mass is 35.5. The van der Waals surface area contributed by atoms with Gasteiger partial charge in [0.05, 0.1) is 16.4 Å². The molecule has 0 radical (unpaired) electrons. The average molecular weight is 293 g/mol. The van der Waals surface area contributed by atoms with Gasteiger partial charge in [-0.25, -0.2) is 4.79 Å². The van der Waals surface area contributed by atoms with Crippen LogP contribution in [0.15, 0.2) is 23.0 Å². The van der Waals surface area contributed by atoms with Crippen molar-refractivity contribution in [1.82, 2.24) is 9.97 Å². The molecule has 1 heterocycles. The van der Waals surface area contributed by atoms with Crippen LogP contribution in [0.25, 0.3) is 11.0 Å². The summed E-state index contributed by atoms with van der Waals surface area (Å²) in [5, 5.41) is 0.0414. The van der Waals surface area contributed by atoms with Crippen molar-refractivity contribution < 1.29 is 0 Å². The highest BCUT2D eigenvalue weighted by molar-refractivity contribution is 6.20. The molecule has 4 heteroatoms. The fourth-order valence-electron chi connectivity index (χ4n) is 3.27. The van der Waals surface area contributed by atoms with Gasteiger partial charge in [0.2, 0.25) is 0 Å². The number of aromatic nitrogens is 2. The van der Waals surface area contributed by atoms with Crippen molar-refractivity contribution in [3.63, 3.8) is 0 Å². The number of imidazole rings is 1. The van der Waals surface area contributed by atoms with E-state index in [4.69, 9.17) is 11.6 Å². The lowest BCUT2D eigenvalue weighted by Gasteiger charge is -2.22. The normalized spacial score (nSPS) is 18.4. The topological polar surface area (TPSA) is 48.6 Å². The van der Waals surface area contributed by atoms with Gasteiger partial charge in [0, 0.05) is 0 Å². The summed E-state index contributed by atoms with van der Waals surface area (Å²) in [5.41, 5.74) is 2.63. The van der Waals surface area contributed by atoms with Crippen LogP contribution in [-0.4, -0.2) is 9.97 Å². The Bertz CT molecular complexity index is 625. The van der Waals surface area contributed by atoms with Crippen molar-refractivity contribution in [1.29, 1.82) is 0 Å². The number of fused-ring (bicyclic) bond motifs is 1. The fourth-order valence-corrected chi connectivity index (χ4v) is 3.53. The average Bonchev–Trinajstić information content (AvgIpc) is 2.85. The van der Waals surface area contributed by atoms with Crippen LogP contribution >= 0.6 is 11.6 Å². The molecule has 3 nitrogen and oxygen atoms in total. The Labute approximate surface area is 123 Å². The molecule has 3 rings (SSSR count). The predicted molar refractivity (Wildman–Crippen MR) is 83.3 cm³/mol. The maximum Gasteiger partial charge on any atom is 0.323 e. The summed E-state index contributed by atoms with van der Waals surface area (Å²) in [6, 6.07) is 5.94. The Kier molecular flexibility index (Phi) is 4.16. The Morgan fingerprint density at radius 2 is 1.90 bits per heavy atom. The highest BCUT2D eigenvalue weighted by Gasteiger charge is 2.16. The molecular formula is C16H21ClN2O. The molecule has 1 fully saturated rings. The lowest BCUT2D eigenvalue weighted by Crippen LogP contribution is -2.07. The van der Waals surface area contributed by atoms with Gasteiger partial charge in [-0.15, -0.1) is 11.6 Å². The van der Waals surface area contributed by atoms with E-state index in [2.05, 4.69) is 9.97 Å². The van der Waals surface area contributed by atoms with E-state index in [1.807, 2.05) is 18.2 Å².